The molecule has 0 fully saturated rings. The number of benzene rings is 1. The van der Waals surface area contributed by atoms with E-state index in [9.17, 15) is 9.18 Å². The van der Waals surface area contributed by atoms with Gasteiger partial charge in [0.1, 0.15) is 5.82 Å². The third-order valence-electron chi connectivity index (χ3n) is 2.50. The summed E-state index contributed by atoms with van der Waals surface area (Å²) in [5.41, 5.74) is 0.102. The fourth-order valence-corrected chi connectivity index (χ4v) is 2.22. The molecule has 0 heterocycles. The maximum atomic E-state index is 13.5. The highest BCUT2D eigenvalue weighted by molar-refractivity contribution is 7.99. The Morgan fingerprint density at radius 2 is 2.16 bits per heavy atom. The minimum absolute atomic E-state index is 0.102. The second kappa shape index (κ2) is 8.17. The van der Waals surface area contributed by atoms with E-state index < -0.39 is 11.8 Å². The van der Waals surface area contributed by atoms with Crippen LogP contribution >= 0.6 is 11.8 Å². The van der Waals surface area contributed by atoms with Gasteiger partial charge in [0.05, 0.1) is 12.2 Å². The second-order valence-electron chi connectivity index (χ2n) is 4.59. The van der Waals surface area contributed by atoms with Gasteiger partial charge in [0.15, 0.2) is 0 Å². The van der Waals surface area contributed by atoms with Gasteiger partial charge in [-0.2, -0.15) is 0 Å². The highest BCUT2D eigenvalue weighted by Crippen LogP contribution is 2.23. The number of hydrogen-bond donors (Lipinski definition) is 1. The van der Waals surface area contributed by atoms with Gasteiger partial charge in [0.2, 0.25) is 0 Å². The van der Waals surface area contributed by atoms with E-state index in [1.165, 1.54) is 30.0 Å². The van der Waals surface area contributed by atoms with E-state index in [1.807, 2.05) is 0 Å². The van der Waals surface area contributed by atoms with Crippen molar-refractivity contribution in [2.45, 2.75) is 25.2 Å². The van der Waals surface area contributed by atoms with Crippen molar-refractivity contribution in [3.05, 3.63) is 29.6 Å². The van der Waals surface area contributed by atoms with Crippen molar-refractivity contribution in [3.8, 4) is 0 Å². The van der Waals surface area contributed by atoms with Crippen molar-refractivity contribution in [2.75, 3.05) is 19.0 Å². The second-order valence-corrected chi connectivity index (χ2v) is 5.73. The lowest BCUT2D eigenvalue weighted by Gasteiger charge is -2.07. The molecule has 0 amide bonds. The van der Waals surface area contributed by atoms with Gasteiger partial charge in [0, 0.05) is 17.3 Å². The number of carboxylic acid groups (broad SMARTS) is 1. The van der Waals surface area contributed by atoms with Crippen LogP contribution in [-0.2, 0) is 4.74 Å². The monoisotopic (exact) mass is 286 g/mol. The number of aromatic carboxylic acids is 1. The molecule has 0 atom stereocenters. The van der Waals surface area contributed by atoms with Gasteiger partial charge in [-0.3, -0.25) is 0 Å². The molecule has 0 aliphatic heterocycles. The summed E-state index contributed by atoms with van der Waals surface area (Å²) in [7, 11) is 0. The van der Waals surface area contributed by atoms with Gasteiger partial charge in [-0.1, -0.05) is 13.8 Å². The minimum atomic E-state index is -1.05. The quantitative estimate of drug-likeness (QED) is 0.585. The molecule has 0 saturated heterocycles. The predicted octanol–water partition coefficient (Wildman–Crippen LogP) is 3.68. The summed E-state index contributed by atoms with van der Waals surface area (Å²) in [6.07, 6.45) is 1.01. The smallest absolute Gasteiger partial charge is 0.335 e. The van der Waals surface area contributed by atoms with E-state index >= 15 is 0 Å². The van der Waals surface area contributed by atoms with Crippen molar-refractivity contribution < 1.29 is 19.0 Å². The number of carbonyl (C=O) groups is 1. The van der Waals surface area contributed by atoms with Gasteiger partial charge in [-0.15, -0.1) is 11.8 Å². The number of hydrogen-bond acceptors (Lipinski definition) is 3. The Bertz CT molecular complexity index is 421. The molecule has 1 rings (SSSR count). The van der Waals surface area contributed by atoms with Crippen molar-refractivity contribution in [2.24, 2.45) is 5.92 Å². The van der Waals surface area contributed by atoms with Crippen LogP contribution in [0.2, 0.25) is 0 Å². The third kappa shape index (κ3) is 6.07. The topological polar surface area (TPSA) is 46.5 Å². The molecule has 0 aliphatic rings. The highest BCUT2D eigenvalue weighted by Gasteiger charge is 2.08. The summed E-state index contributed by atoms with van der Waals surface area (Å²) in [5.74, 6) is -0.220. The standard InChI is InChI=1S/C14H19FO3S/c1-10(2)5-6-18-7-8-19-13-9-11(14(16)17)3-4-12(13)15/h3-4,9-10H,5-8H2,1-2H3,(H,16,17). The van der Waals surface area contributed by atoms with Crippen LogP contribution in [0, 0.1) is 11.7 Å². The first kappa shape index (κ1) is 16.0. The first-order valence-corrected chi connectivity index (χ1v) is 7.22. The molecule has 1 aromatic rings. The third-order valence-corrected chi connectivity index (χ3v) is 3.50. The zero-order valence-electron chi connectivity index (χ0n) is 11.2. The maximum Gasteiger partial charge on any atom is 0.335 e. The highest BCUT2D eigenvalue weighted by atomic mass is 32.2. The summed E-state index contributed by atoms with van der Waals surface area (Å²) >= 11 is 1.27. The molecule has 19 heavy (non-hydrogen) atoms. The normalized spacial score (nSPS) is 10.9. The molecule has 0 spiro atoms. The largest absolute Gasteiger partial charge is 0.478 e. The molecule has 0 aromatic heterocycles. The van der Waals surface area contributed by atoms with Crippen LogP contribution in [0.4, 0.5) is 4.39 Å². The van der Waals surface area contributed by atoms with Crippen molar-refractivity contribution in [1.82, 2.24) is 0 Å². The van der Waals surface area contributed by atoms with Crippen LogP contribution in [0.25, 0.3) is 0 Å². The zero-order valence-corrected chi connectivity index (χ0v) is 12.0. The first-order chi connectivity index (χ1) is 9.00. The number of halogens is 1. The van der Waals surface area contributed by atoms with Crippen molar-refractivity contribution in [1.29, 1.82) is 0 Å². The Morgan fingerprint density at radius 1 is 1.42 bits per heavy atom. The lowest BCUT2D eigenvalue weighted by Crippen LogP contribution is -2.03. The minimum Gasteiger partial charge on any atom is -0.478 e. The Labute approximate surface area is 117 Å². The Hall–Kier alpha value is -1.07. The molecule has 106 valence electrons. The number of thioether (sulfide) groups is 1. The number of ether oxygens (including phenoxy) is 1. The molecule has 3 nitrogen and oxygen atoms in total. The number of carboxylic acids is 1. The van der Waals surface area contributed by atoms with Gasteiger partial charge < -0.3 is 9.84 Å². The average Bonchev–Trinajstić information content (AvgIpc) is 2.34. The molecule has 5 heteroatoms. The van der Waals surface area contributed by atoms with Crippen LogP contribution in [0.5, 0.6) is 0 Å². The fraction of sp³-hybridized carbons (Fsp3) is 0.500. The summed E-state index contributed by atoms with van der Waals surface area (Å²) in [6, 6.07) is 3.81. The van der Waals surface area contributed by atoms with Crippen molar-refractivity contribution >= 4 is 17.7 Å². The maximum absolute atomic E-state index is 13.5. The summed E-state index contributed by atoms with van der Waals surface area (Å²) in [6.45, 7) is 5.50. The van der Waals surface area contributed by atoms with Gasteiger partial charge in [-0.05, 0) is 30.5 Å². The van der Waals surface area contributed by atoms with E-state index in [0.29, 0.717) is 29.8 Å². The van der Waals surface area contributed by atoms with Crippen LogP contribution in [0.3, 0.4) is 0 Å². The first-order valence-electron chi connectivity index (χ1n) is 6.24. The van der Waals surface area contributed by atoms with Gasteiger partial charge >= 0.3 is 5.97 Å². The van der Waals surface area contributed by atoms with Crippen LogP contribution < -0.4 is 0 Å². The average molecular weight is 286 g/mol. The molecule has 0 radical (unpaired) electrons. The number of rotatable bonds is 8. The van der Waals surface area contributed by atoms with Crippen molar-refractivity contribution in [3.63, 3.8) is 0 Å². The zero-order chi connectivity index (χ0) is 14.3. The Kier molecular flexibility index (Phi) is 6.87. The predicted molar refractivity (Wildman–Crippen MR) is 74.4 cm³/mol. The summed E-state index contributed by atoms with van der Waals surface area (Å²) in [4.78, 5) is 11.1. The summed E-state index contributed by atoms with van der Waals surface area (Å²) < 4.78 is 18.9. The molecule has 0 aliphatic carbocycles. The molecule has 0 unspecified atom stereocenters. The molecular formula is C14H19FO3S. The summed E-state index contributed by atoms with van der Waals surface area (Å²) in [5, 5.41) is 8.84. The van der Waals surface area contributed by atoms with E-state index in [-0.39, 0.29) is 5.56 Å². The van der Waals surface area contributed by atoms with E-state index in [4.69, 9.17) is 9.84 Å². The fourth-order valence-electron chi connectivity index (χ4n) is 1.38. The van der Waals surface area contributed by atoms with Gasteiger partial charge in [0.25, 0.3) is 0 Å². The van der Waals surface area contributed by atoms with Crippen LogP contribution in [0.1, 0.15) is 30.6 Å². The van der Waals surface area contributed by atoms with E-state index in [2.05, 4.69) is 13.8 Å². The molecule has 0 saturated carbocycles. The lowest BCUT2D eigenvalue weighted by molar-refractivity contribution is 0.0696. The molecule has 1 aromatic carbocycles. The van der Waals surface area contributed by atoms with E-state index in [1.54, 1.807) is 0 Å². The van der Waals surface area contributed by atoms with Crippen LogP contribution in [0.15, 0.2) is 23.1 Å². The molecular weight excluding hydrogens is 267 g/mol. The molecule has 1 N–H and O–H groups in total. The SMILES string of the molecule is CC(C)CCOCCSc1cc(C(=O)O)ccc1F. The Balaban J connectivity index is 2.36. The molecule has 0 bridgehead atoms. The lowest BCUT2D eigenvalue weighted by atomic mass is 10.1. The van der Waals surface area contributed by atoms with Crippen LogP contribution in [-0.4, -0.2) is 30.0 Å². The Morgan fingerprint density at radius 3 is 2.79 bits per heavy atom. The van der Waals surface area contributed by atoms with E-state index in [0.717, 1.165) is 6.42 Å². The van der Waals surface area contributed by atoms with Gasteiger partial charge in [-0.25, -0.2) is 9.18 Å².